The SMILES string of the molecule is C/C=C\c1[nH]c2c(c1CC)C(=O)C(CN1CCC3(CC1)C(=O)NCN3c1ccccc1)CC2. The molecule has 1 aromatic heterocycles. The molecule has 6 nitrogen and oxygen atoms in total. The van der Waals surface area contributed by atoms with Gasteiger partial charge in [-0.1, -0.05) is 31.2 Å². The fraction of sp³-hybridized carbons (Fsp3) is 0.481. The maximum Gasteiger partial charge on any atom is 0.247 e. The number of hydrogen-bond donors (Lipinski definition) is 2. The van der Waals surface area contributed by atoms with Gasteiger partial charge in [0.2, 0.25) is 5.91 Å². The van der Waals surface area contributed by atoms with Gasteiger partial charge in [-0.3, -0.25) is 9.59 Å². The number of anilines is 1. The summed E-state index contributed by atoms with van der Waals surface area (Å²) in [6.45, 7) is 7.16. The third kappa shape index (κ3) is 3.70. The summed E-state index contributed by atoms with van der Waals surface area (Å²) in [5.74, 6) is 0.472. The number of aromatic nitrogens is 1. The summed E-state index contributed by atoms with van der Waals surface area (Å²) in [5, 5.41) is 3.07. The van der Waals surface area contributed by atoms with Crippen LogP contribution in [0.5, 0.6) is 0 Å². The molecule has 0 bridgehead atoms. The number of allylic oxidation sites excluding steroid dienone is 1. The molecule has 1 aliphatic carbocycles. The molecule has 1 spiro atoms. The van der Waals surface area contributed by atoms with E-state index < -0.39 is 5.54 Å². The first-order valence-corrected chi connectivity index (χ1v) is 12.3. The van der Waals surface area contributed by atoms with Gasteiger partial charge in [0.1, 0.15) is 5.54 Å². The number of piperidine rings is 1. The second-order valence-corrected chi connectivity index (χ2v) is 9.58. The standard InChI is InChI=1S/C27H34N4O2/c1-3-8-22-21(4-2)24-23(29-22)12-11-19(25(24)32)17-30-15-13-27(14-16-30)26(33)28-18-31(27)20-9-6-5-7-10-20/h3,5-10,19,29H,4,11-18H2,1-2H3,(H,28,33)/b8-3-. The van der Waals surface area contributed by atoms with Gasteiger partial charge in [0.05, 0.1) is 6.67 Å². The van der Waals surface area contributed by atoms with E-state index >= 15 is 0 Å². The van der Waals surface area contributed by atoms with E-state index in [2.05, 4.69) is 45.2 Å². The molecule has 1 unspecified atom stereocenters. The molecule has 174 valence electrons. The molecule has 2 aromatic rings. The maximum absolute atomic E-state index is 13.5. The van der Waals surface area contributed by atoms with Crippen LogP contribution in [0.15, 0.2) is 36.4 Å². The Bertz CT molecular complexity index is 1060. The normalized spacial score (nSPS) is 22.8. The first-order chi connectivity index (χ1) is 16.1. The van der Waals surface area contributed by atoms with Gasteiger partial charge in [-0.05, 0) is 62.8 Å². The van der Waals surface area contributed by atoms with E-state index in [0.29, 0.717) is 12.5 Å². The number of benzene rings is 1. The third-order valence-corrected chi connectivity index (χ3v) is 7.83. The average molecular weight is 447 g/mol. The highest BCUT2D eigenvalue weighted by atomic mass is 16.2. The van der Waals surface area contributed by atoms with Crippen LogP contribution in [0, 0.1) is 5.92 Å². The number of aromatic amines is 1. The molecule has 3 heterocycles. The van der Waals surface area contributed by atoms with Crippen LogP contribution in [0.25, 0.3) is 6.08 Å². The summed E-state index contributed by atoms with van der Waals surface area (Å²) >= 11 is 0. The van der Waals surface area contributed by atoms with Crippen molar-refractivity contribution in [3.8, 4) is 0 Å². The molecule has 1 aromatic carbocycles. The first-order valence-electron chi connectivity index (χ1n) is 12.3. The number of fused-ring (bicyclic) bond motifs is 1. The zero-order valence-corrected chi connectivity index (χ0v) is 19.7. The van der Waals surface area contributed by atoms with E-state index in [0.717, 1.165) is 79.9 Å². The Labute approximate surface area is 196 Å². The van der Waals surface area contributed by atoms with Crippen molar-refractivity contribution in [2.24, 2.45) is 5.92 Å². The Morgan fingerprint density at radius 1 is 1.15 bits per heavy atom. The second kappa shape index (κ2) is 8.82. The fourth-order valence-corrected chi connectivity index (χ4v) is 6.06. The maximum atomic E-state index is 13.5. The van der Waals surface area contributed by atoms with E-state index in [-0.39, 0.29) is 11.8 Å². The quantitative estimate of drug-likeness (QED) is 0.733. The zero-order valence-electron chi connectivity index (χ0n) is 19.7. The first kappa shape index (κ1) is 22.0. The second-order valence-electron chi connectivity index (χ2n) is 9.58. The number of nitrogens with zero attached hydrogens (tertiary/aromatic N) is 2. The van der Waals surface area contributed by atoms with Gasteiger partial charge in [0.15, 0.2) is 5.78 Å². The number of nitrogens with one attached hydrogen (secondary N) is 2. The lowest BCUT2D eigenvalue weighted by Gasteiger charge is -2.44. The van der Waals surface area contributed by atoms with Crippen molar-refractivity contribution in [3.63, 3.8) is 0 Å². The highest BCUT2D eigenvalue weighted by Gasteiger charge is 2.50. The molecular weight excluding hydrogens is 412 g/mol. The lowest BCUT2D eigenvalue weighted by Crippen LogP contribution is -2.57. The smallest absolute Gasteiger partial charge is 0.247 e. The van der Waals surface area contributed by atoms with Gasteiger partial charge < -0.3 is 20.1 Å². The van der Waals surface area contributed by atoms with Crippen LogP contribution < -0.4 is 10.2 Å². The van der Waals surface area contributed by atoms with Crippen LogP contribution in [0.2, 0.25) is 0 Å². The van der Waals surface area contributed by atoms with Crippen molar-refractivity contribution in [3.05, 3.63) is 58.9 Å². The molecular formula is C27H34N4O2. The topological polar surface area (TPSA) is 68.4 Å². The van der Waals surface area contributed by atoms with Crippen LogP contribution in [-0.4, -0.2) is 53.4 Å². The Hall–Kier alpha value is -2.86. The van der Waals surface area contributed by atoms with Gasteiger partial charge in [-0.25, -0.2) is 0 Å². The Morgan fingerprint density at radius 3 is 2.61 bits per heavy atom. The summed E-state index contributed by atoms with van der Waals surface area (Å²) in [7, 11) is 0. The number of Topliss-reactive ketones (excluding diaryl/α,β-unsaturated/α-hetero) is 1. The fourth-order valence-electron chi connectivity index (χ4n) is 6.06. The number of carbonyl (C=O) groups is 2. The number of carbonyl (C=O) groups excluding carboxylic acids is 2. The summed E-state index contributed by atoms with van der Waals surface area (Å²) in [4.78, 5) is 34.5. The molecule has 6 heteroatoms. The van der Waals surface area contributed by atoms with Crippen molar-refractivity contribution in [2.45, 2.75) is 51.5 Å². The van der Waals surface area contributed by atoms with E-state index in [9.17, 15) is 9.59 Å². The molecule has 3 aliphatic rings. The van der Waals surface area contributed by atoms with Crippen LogP contribution in [-0.2, 0) is 17.6 Å². The molecule has 2 N–H and O–H groups in total. The van der Waals surface area contributed by atoms with Crippen LogP contribution in [0.4, 0.5) is 5.69 Å². The predicted molar refractivity (Wildman–Crippen MR) is 131 cm³/mol. The van der Waals surface area contributed by atoms with Crippen molar-refractivity contribution in [2.75, 3.05) is 31.2 Å². The highest BCUT2D eigenvalue weighted by Crippen LogP contribution is 2.37. The average Bonchev–Trinajstić information content (AvgIpc) is 3.35. The number of ketones is 1. The van der Waals surface area contributed by atoms with Gasteiger partial charge in [-0.15, -0.1) is 0 Å². The van der Waals surface area contributed by atoms with Gasteiger partial charge >= 0.3 is 0 Å². The Balaban J connectivity index is 1.28. The molecule has 1 amide bonds. The monoisotopic (exact) mass is 446 g/mol. The minimum atomic E-state index is -0.473. The number of hydrogen-bond acceptors (Lipinski definition) is 4. The molecule has 0 saturated carbocycles. The largest absolute Gasteiger partial charge is 0.358 e. The van der Waals surface area contributed by atoms with Gasteiger partial charge in [-0.2, -0.15) is 0 Å². The van der Waals surface area contributed by atoms with E-state index in [1.165, 1.54) is 0 Å². The van der Waals surface area contributed by atoms with Crippen LogP contribution >= 0.6 is 0 Å². The van der Waals surface area contributed by atoms with E-state index in [1.54, 1.807) is 0 Å². The molecule has 2 saturated heterocycles. The van der Waals surface area contributed by atoms with Gasteiger partial charge in [0.25, 0.3) is 0 Å². The number of aryl methyl sites for hydroxylation is 1. The number of likely N-dealkylation sites (tertiary alicyclic amines) is 1. The summed E-state index contributed by atoms with van der Waals surface area (Å²) < 4.78 is 0. The minimum absolute atomic E-state index is 0.0359. The van der Waals surface area contributed by atoms with E-state index in [1.807, 2.05) is 31.2 Å². The molecule has 2 fully saturated rings. The number of H-pyrrole nitrogens is 1. The van der Waals surface area contributed by atoms with E-state index in [4.69, 9.17) is 0 Å². The number of para-hydroxylation sites is 1. The van der Waals surface area contributed by atoms with Crippen molar-refractivity contribution in [1.82, 2.24) is 15.2 Å². The number of rotatable bonds is 5. The van der Waals surface area contributed by atoms with Crippen LogP contribution in [0.3, 0.4) is 0 Å². The Morgan fingerprint density at radius 2 is 1.91 bits per heavy atom. The minimum Gasteiger partial charge on any atom is -0.358 e. The number of amides is 1. The van der Waals surface area contributed by atoms with Crippen molar-refractivity contribution in [1.29, 1.82) is 0 Å². The molecule has 5 rings (SSSR count). The Kier molecular flexibility index (Phi) is 5.87. The lowest BCUT2D eigenvalue weighted by atomic mass is 9.82. The predicted octanol–water partition coefficient (Wildman–Crippen LogP) is 3.78. The molecule has 0 radical (unpaired) electrons. The zero-order chi connectivity index (χ0) is 23.0. The summed E-state index contributed by atoms with van der Waals surface area (Å²) in [6, 6.07) is 10.2. The molecule has 2 aliphatic heterocycles. The van der Waals surface area contributed by atoms with Crippen molar-refractivity contribution < 1.29 is 9.59 Å². The molecule has 1 atom stereocenters. The summed E-state index contributed by atoms with van der Waals surface area (Å²) in [5.41, 5.74) is 4.93. The highest BCUT2D eigenvalue weighted by molar-refractivity contribution is 6.02. The molecule has 33 heavy (non-hydrogen) atoms. The van der Waals surface area contributed by atoms with Crippen LogP contribution in [0.1, 0.15) is 60.4 Å². The van der Waals surface area contributed by atoms with Gasteiger partial charge in [0, 0.05) is 48.2 Å². The van der Waals surface area contributed by atoms with Crippen molar-refractivity contribution >= 4 is 23.5 Å². The third-order valence-electron chi connectivity index (χ3n) is 7.83. The lowest BCUT2D eigenvalue weighted by molar-refractivity contribution is -0.125. The summed E-state index contributed by atoms with van der Waals surface area (Å²) in [6.07, 6.45) is 8.36.